The summed E-state index contributed by atoms with van der Waals surface area (Å²) in [7, 11) is 0. The zero-order valence-electron chi connectivity index (χ0n) is 11.0. The fourth-order valence-electron chi connectivity index (χ4n) is 2.52. The monoisotopic (exact) mass is 240 g/mol. The van der Waals surface area contributed by atoms with Crippen molar-refractivity contribution in [3.05, 3.63) is 0 Å². The van der Waals surface area contributed by atoms with E-state index in [1.54, 1.807) is 0 Å². The number of nitrogens with one attached hydrogen (secondary N) is 1. The lowest BCUT2D eigenvalue weighted by atomic mass is 10.2. The lowest BCUT2D eigenvalue weighted by molar-refractivity contribution is -0.131. The van der Waals surface area contributed by atoms with Gasteiger partial charge in [-0.25, -0.2) is 0 Å². The maximum Gasteiger partial charge on any atom is 0.244 e. The number of carbonyl (C=O) groups excluding carboxylic acids is 1. The highest BCUT2D eigenvalue weighted by Crippen LogP contribution is 2.42. The Kier molecular flexibility index (Phi) is 4.05. The Morgan fingerprint density at radius 1 is 1.41 bits per heavy atom. The Bertz CT molecular complexity index is 277. The molecule has 0 radical (unpaired) electrons. The molecule has 0 bridgehead atoms. The second kappa shape index (κ2) is 5.36. The molecule has 1 aliphatic carbocycles. The number of hydrogen-bond donors (Lipinski definition) is 1. The van der Waals surface area contributed by atoms with Crippen LogP contribution in [0.1, 0.15) is 46.0 Å². The molecule has 1 atom stereocenters. The maximum absolute atomic E-state index is 12.2. The van der Waals surface area contributed by atoms with E-state index in [1.165, 1.54) is 0 Å². The zero-order chi connectivity index (χ0) is 12.3. The summed E-state index contributed by atoms with van der Waals surface area (Å²) in [4.78, 5) is 14.2. The quantitative estimate of drug-likeness (QED) is 0.686. The largest absolute Gasteiger partial charge is 0.381 e. The van der Waals surface area contributed by atoms with E-state index in [2.05, 4.69) is 19.2 Å². The summed E-state index contributed by atoms with van der Waals surface area (Å²) < 4.78 is 5.46. The predicted molar refractivity (Wildman–Crippen MR) is 66.6 cm³/mol. The number of nitrogens with zero attached hydrogens (tertiary/aromatic N) is 1. The molecule has 1 amide bonds. The Labute approximate surface area is 104 Å². The van der Waals surface area contributed by atoms with Crippen LogP contribution < -0.4 is 5.32 Å². The minimum atomic E-state index is -0.162. The second-order valence-electron chi connectivity index (χ2n) is 5.11. The minimum absolute atomic E-state index is 0.162. The first-order valence-electron chi connectivity index (χ1n) is 6.90. The van der Waals surface area contributed by atoms with Gasteiger partial charge in [-0.15, -0.1) is 0 Å². The van der Waals surface area contributed by atoms with Gasteiger partial charge in [0.15, 0.2) is 0 Å². The summed E-state index contributed by atoms with van der Waals surface area (Å²) in [5.74, 6) is 0.319. The molecule has 17 heavy (non-hydrogen) atoms. The molecular formula is C13H24N2O2. The van der Waals surface area contributed by atoms with Crippen LogP contribution in [0.2, 0.25) is 0 Å². The van der Waals surface area contributed by atoms with Crippen LogP contribution >= 0.6 is 0 Å². The Hall–Kier alpha value is -0.610. The van der Waals surface area contributed by atoms with Crippen LogP contribution in [0.3, 0.4) is 0 Å². The molecule has 0 aromatic carbocycles. The van der Waals surface area contributed by atoms with Crippen LogP contribution in [-0.2, 0) is 9.53 Å². The molecule has 4 nitrogen and oxygen atoms in total. The third kappa shape index (κ3) is 2.63. The Morgan fingerprint density at radius 2 is 2.18 bits per heavy atom. The van der Waals surface area contributed by atoms with Crippen molar-refractivity contribution in [2.24, 2.45) is 0 Å². The number of carbonyl (C=O) groups is 1. The van der Waals surface area contributed by atoms with Crippen molar-refractivity contribution in [1.82, 2.24) is 10.2 Å². The highest BCUT2D eigenvalue weighted by atomic mass is 16.5. The fourth-order valence-corrected chi connectivity index (χ4v) is 2.52. The smallest absolute Gasteiger partial charge is 0.244 e. The minimum Gasteiger partial charge on any atom is -0.381 e. The van der Waals surface area contributed by atoms with E-state index in [4.69, 9.17) is 4.74 Å². The number of ether oxygens (including phenoxy) is 1. The molecule has 98 valence electrons. The summed E-state index contributed by atoms with van der Waals surface area (Å²) in [6, 6.07) is 0. The summed E-state index contributed by atoms with van der Waals surface area (Å²) in [5, 5.41) is 3.48. The predicted octanol–water partition coefficient (Wildman–Crippen LogP) is 1.50. The van der Waals surface area contributed by atoms with Crippen LogP contribution in [0.5, 0.6) is 0 Å². The maximum atomic E-state index is 12.2. The van der Waals surface area contributed by atoms with Crippen molar-refractivity contribution in [2.75, 3.05) is 19.8 Å². The van der Waals surface area contributed by atoms with Crippen LogP contribution in [0, 0.1) is 0 Å². The summed E-state index contributed by atoms with van der Waals surface area (Å²) in [5.41, 5.74) is -0.162. The molecule has 1 saturated heterocycles. The van der Waals surface area contributed by atoms with E-state index in [9.17, 15) is 4.79 Å². The summed E-state index contributed by atoms with van der Waals surface area (Å²) in [6.07, 6.45) is 5.28. The summed E-state index contributed by atoms with van der Waals surface area (Å²) >= 11 is 0. The Morgan fingerprint density at radius 3 is 2.76 bits per heavy atom. The first kappa shape index (κ1) is 12.8. The topological polar surface area (TPSA) is 41.6 Å². The van der Waals surface area contributed by atoms with Crippen LogP contribution in [0.15, 0.2) is 0 Å². The van der Waals surface area contributed by atoms with Gasteiger partial charge < -0.3 is 9.64 Å². The lowest BCUT2D eigenvalue weighted by Gasteiger charge is -2.22. The highest BCUT2D eigenvalue weighted by molar-refractivity contribution is 5.91. The third-order valence-electron chi connectivity index (χ3n) is 3.66. The van der Waals surface area contributed by atoms with E-state index < -0.39 is 0 Å². The van der Waals surface area contributed by atoms with E-state index in [0.717, 1.165) is 51.9 Å². The summed E-state index contributed by atoms with van der Waals surface area (Å²) in [6.45, 7) is 6.66. The molecule has 1 unspecified atom stereocenters. The molecule has 2 aliphatic rings. The van der Waals surface area contributed by atoms with E-state index >= 15 is 0 Å². The zero-order valence-corrected chi connectivity index (χ0v) is 11.0. The second-order valence-corrected chi connectivity index (χ2v) is 5.11. The van der Waals surface area contributed by atoms with Crippen molar-refractivity contribution in [1.29, 1.82) is 0 Å². The third-order valence-corrected chi connectivity index (χ3v) is 3.66. The molecule has 0 aromatic rings. The lowest BCUT2D eigenvalue weighted by Crippen LogP contribution is -2.37. The van der Waals surface area contributed by atoms with E-state index in [1.807, 2.05) is 4.90 Å². The van der Waals surface area contributed by atoms with Gasteiger partial charge in [0.25, 0.3) is 0 Å². The standard InChI is InChI=1S/C13H24N2O2/c1-3-9-17-10-5-8-15-11(4-2)14-13(6-7-13)12(15)16/h11,14H,3-10H2,1-2H3. The molecule has 1 N–H and O–H groups in total. The van der Waals surface area contributed by atoms with Gasteiger partial charge in [-0.3, -0.25) is 10.1 Å². The first-order chi connectivity index (χ1) is 8.23. The molecule has 1 heterocycles. The fraction of sp³-hybridized carbons (Fsp3) is 0.923. The SMILES string of the molecule is CCCOCCCN1C(=O)C2(CC2)NC1CC. The van der Waals surface area contributed by atoms with Crippen LogP contribution in [-0.4, -0.2) is 42.3 Å². The first-order valence-corrected chi connectivity index (χ1v) is 6.90. The van der Waals surface area contributed by atoms with Crippen LogP contribution in [0.25, 0.3) is 0 Å². The van der Waals surface area contributed by atoms with Gasteiger partial charge in [0, 0.05) is 19.8 Å². The van der Waals surface area contributed by atoms with Gasteiger partial charge in [0.05, 0.1) is 11.7 Å². The molecule has 0 aromatic heterocycles. The van der Waals surface area contributed by atoms with Gasteiger partial charge in [-0.1, -0.05) is 13.8 Å². The molecule has 2 fully saturated rings. The average Bonchev–Trinajstić information content (AvgIpc) is 3.06. The van der Waals surface area contributed by atoms with Gasteiger partial charge in [0.1, 0.15) is 0 Å². The molecule has 2 rings (SSSR count). The Balaban J connectivity index is 1.76. The van der Waals surface area contributed by atoms with E-state index in [0.29, 0.717) is 5.91 Å². The van der Waals surface area contributed by atoms with Gasteiger partial charge in [0.2, 0.25) is 5.91 Å². The molecule has 1 spiro atoms. The molecular weight excluding hydrogens is 216 g/mol. The van der Waals surface area contributed by atoms with Crippen molar-refractivity contribution >= 4 is 5.91 Å². The molecule has 1 saturated carbocycles. The van der Waals surface area contributed by atoms with Gasteiger partial charge in [-0.2, -0.15) is 0 Å². The van der Waals surface area contributed by atoms with Gasteiger partial charge >= 0.3 is 0 Å². The van der Waals surface area contributed by atoms with Crippen molar-refractivity contribution in [3.63, 3.8) is 0 Å². The van der Waals surface area contributed by atoms with Crippen molar-refractivity contribution < 1.29 is 9.53 Å². The highest BCUT2D eigenvalue weighted by Gasteiger charge is 2.58. The van der Waals surface area contributed by atoms with Gasteiger partial charge in [-0.05, 0) is 32.1 Å². The van der Waals surface area contributed by atoms with E-state index in [-0.39, 0.29) is 11.7 Å². The molecule has 1 aliphatic heterocycles. The van der Waals surface area contributed by atoms with Crippen molar-refractivity contribution in [2.45, 2.75) is 57.7 Å². The van der Waals surface area contributed by atoms with Crippen LogP contribution in [0.4, 0.5) is 0 Å². The average molecular weight is 240 g/mol. The number of hydrogen-bond acceptors (Lipinski definition) is 3. The number of rotatable bonds is 7. The van der Waals surface area contributed by atoms with Crippen molar-refractivity contribution in [3.8, 4) is 0 Å². The normalized spacial score (nSPS) is 25.9. The number of amides is 1. The molecule has 4 heteroatoms.